The summed E-state index contributed by atoms with van der Waals surface area (Å²) in [6.45, 7) is 1.98. The first kappa shape index (κ1) is 18.2. The highest BCUT2D eigenvalue weighted by Gasteiger charge is 2.17. The zero-order valence-corrected chi connectivity index (χ0v) is 15.0. The molecule has 1 aliphatic carbocycles. The van der Waals surface area contributed by atoms with Crippen LogP contribution < -0.4 is 11.0 Å². The normalized spacial score (nSPS) is 18.6. The zero-order chi connectivity index (χ0) is 17.5. The lowest BCUT2D eigenvalue weighted by atomic mass is 9.98. The molecule has 1 aromatic heterocycles. The number of carbonyl (C=O) groups is 1. The van der Waals surface area contributed by atoms with Crippen molar-refractivity contribution in [2.24, 2.45) is 0 Å². The Morgan fingerprint density at radius 1 is 1.16 bits per heavy atom. The van der Waals surface area contributed by atoms with E-state index in [0.717, 1.165) is 37.9 Å². The molecule has 1 aromatic rings. The number of nitrogens with zero attached hydrogens (tertiary/aromatic N) is 3. The van der Waals surface area contributed by atoms with E-state index in [2.05, 4.69) is 10.4 Å². The number of nitrogens with one attached hydrogen (secondary N) is 1. The van der Waals surface area contributed by atoms with E-state index in [0.29, 0.717) is 25.8 Å². The van der Waals surface area contributed by atoms with Gasteiger partial charge in [-0.1, -0.05) is 25.7 Å². The highest BCUT2D eigenvalue weighted by molar-refractivity contribution is 5.75. The number of hydrogen-bond acceptors (Lipinski definition) is 4. The molecule has 7 nitrogen and oxygen atoms in total. The Bertz CT molecular complexity index is 616. The lowest BCUT2D eigenvalue weighted by Gasteiger charge is -2.21. The van der Waals surface area contributed by atoms with Gasteiger partial charge in [-0.05, 0) is 32.1 Å². The molecule has 140 valence electrons. The fourth-order valence-corrected chi connectivity index (χ4v) is 3.70. The summed E-state index contributed by atoms with van der Waals surface area (Å²) in [5, 5.41) is 7.20. The Hall–Kier alpha value is -1.63. The summed E-state index contributed by atoms with van der Waals surface area (Å²) in [4.78, 5) is 24.4. The minimum atomic E-state index is -0.160. The maximum Gasteiger partial charge on any atom is 0.346 e. The zero-order valence-electron chi connectivity index (χ0n) is 15.0. The molecule has 0 bridgehead atoms. The summed E-state index contributed by atoms with van der Waals surface area (Å²) in [5.74, 6) is 0.657. The van der Waals surface area contributed by atoms with Gasteiger partial charge in [0.05, 0.1) is 6.10 Å². The van der Waals surface area contributed by atoms with Crippen molar-refractivity contribution < 1.29 is 9.53 Å². The van der Waals surface area contributed by atoms with Crippen molar-refractivity contribution in [2.75, 3.05) is 13.2 Å². The molecule has 0 unspecified atom stereocenters. The lowest BCUT2D eigenvalue weighted by Crippen LogP contribution is -2.34. The summed E-state index contributed by atoms with van der Waals surface area (Å²) in [6, 6.07) is 0. The number of ether oxygens (including phenoxy) is 1. The summed E-state index contributed by atoms with van der Waals surface area (Å²) in [7, 11) is 0. The molecule has 1 fully saturated rings. The van der Waals surface area contributed by atoms with Crippen molar-refractivity contribution in [3.8, 4) is 0 Å². The van der Waals surface area contributed by atoms with Gasteiger partial charge in [-0.25, -0.2) is 9.48 Å². The maximum absolute atomic E-state index is 12.3. The van der Waals surface area contributed by atoms with Gasteiger partial charge in [0.25, 0.3) is 0 Å². The van der Waals surface area contributed by atoms with Crippen LogP contribution in [0.3, 0.4) is 0 Å². The number of rotatable bonds is 7. The van der Waals surface area contributed by atoms with Gasteiger partial charge in [0.15, 0.2) is 0 Å². The molecule has 1 N–H and O–H groups in total. The topological polar surface area (TPSA) is 78.2 Å². The van der Waals surface area contributed by atoms with Crippen molar-refractivity contribution in [3.63, 3.8) is 0 Å². The second-order valence-electron chi connectivity index (χ2n) is 7.15. The number of carbonyl (C=O) groups excluding carboxylic acids is 1. The molecular formula is C18H30N4O3. The van der Waals surface area contributed by atoms with Crippen LogP contribution in [0.15, 0.2) is 4.79 Å². The van der Waals surface area contributed by atoms with Crippen LogP contribution in [0.25, 0.3) is 0 Å². The molecule has 2 heterocycles. The second-order valence-corrected chi connectivity index (χ2v) is 7.15. The summed E-state index contributed by atoms with van der Waals surface area (Å²) in [6.07, 6.45) is 11.4. The Morgan fingerprint density at radius 3 is 2.80 bits per heavy atom. The molecule has 0 aromatic carbocycles. The van der Waals surface area contributed by atoms with E-state index < -0.39 is 0 Å². The number of aromatic nitrogens is 3. The average molecular weight is 350 g/mol. The van der Waals surface area contributed by atoms with Crippen LogP contribution in [-0.2, 0) is 29.0 Å². The van der Waals surface area contributed by atoms with E-state index in [9.17, 15) is 9.59 Å². The van der Waals surface area contributed by atoms with Crippen LogP contribution in [0, 0.1) is 0 Å². The van der Waals surface area contributed by atoms with Crippen LogP contribution in [0.5, 0.6) is 0 Å². The third-order valence-electron chi connectivity index (χ3n) is 5.12. The van der Waals surface area contributed by atoms with Gasteiger partial charge in [0, 0.05) is 26.1 Å². The van der Waals surface area contributed by atoms with Crippen molar-refractivity contribution in [1.82, 2.24) is 19.7 Å². The molecule has 0 saturated heterocycles. The molecule has 2 aliphatic rings. The predicted octanol–water partition coefficient (Wildman–Crippen LogP) is 1.63. The van der Waals surface area contributed by atoms with E-state index in [1.54, 1.807) is 4.57 Å². The third kappa shape index (κ3) is 5.17. The van der Waals surface area contributed by atoms with Gasteiger partial charge in [0.1, 0.15) is 12.4 Å². The van der Waals surface area contributed by atoms with Crippen molar-refractivity contribution in [2.45, 2.75) is 83.4 Å². The highest BCUT2D eigenvalue weighted by Crippen LogP contribution is 2.20. The first-order valence-corrected chi connectivity index (χ1v) is 9.79. The highest BCUT2D eigenvalue weighted by atomic mass is 16.5. The summed E-state index contributed by atoms with van der Waals surface area (Å²) < 4.78 is 8.87. The first-order valence-electron chi connectivity index (χ1n) is 9.79. The molecular weight excluding hydrogens is 320 g/mol. The molecule has 0 atom stereocenters. The molecule has 1 saturated carbocycles. The number of hydrogen-bond donors (Lipinski definition) is 1. The van der Waals surface area contributed by atoms with E-state index in [-0.39, 0.29) is 18.1 Å². The molecule has 7 heteroatoms. The fourth-order valence-electron chi connectivity index (χ4n) is 3.70. The Kier molecular flexibility index (Phi) is 6.67. The van der Waals surface area contributed by atoms with E-state index in [4.69, 9.17) is 4.74 Å². The van der Waals surface area contributed by atoms with Crippen LogP contribution >= 0.6 is 0 Å². The average Bonchev–Trinajstić information content (AvgIpc) is 2.78. The molecule has 0 radical (unpaired) electrons. The Morgan fingerprint density at radius 2 is 1.96 bits per heavy atom. The molecule has 1 aliphatic heterocycles. The first-order chi connectivity index (χ1) is 12.2. The number of amides is 1. The van der Waals surface area contributed by atoms with E-state index in [1.165, 1.54) is 36.8 Å². The van der Waals surface area contributed by atoms with Crippen LogP contribution in [0.4, 0.5) is 0 Å². The largest absolute Gasteiger partial charge is 0.378 e. The SMILES string of the molecule is O=C(Cn1nc2n(c1=O)CCCCC2)NCCCOC1CCCCC1. The van der Waals surface area contributed by atoms with Gasteiger partial charge in [-0.15, -0.1) is 0 Å². The minimum Gasteiger partial charge on any atom is -0.378 e. The summed E-state index contributed by atoms with van der Waals surface area (Å²) >= 11 is 0. The van der Waals surface area contributed by atoms with Crippen molar-refractivity contribution in [3.05, 3.63) is 16.3 Å². The summed E-state index contributed by atoms with van der Waals surface area (Å²) in [5.41, 5.74) is -0.160. The Labute approximate surface area is 148 Å². The van der Waals surface area contributed by atoms with Gasteiger partial charge in [0.2, 0.25) is 5.91 Å². The predicted molar refractivity (Wildman–Crippen MR) is 94.5 cm³/mol. The van der Waals surface area contributed by atoms with Crippen molar-refractivity contribution >= 4 is 5.91 Å². The van der Waals surface area contributed by atoms with Gasteiger partial charge in [-0.2, -0.15) is 5.10 Å². The second kappa shape index (κ2) is 9.17. The maximum atomic E-state index is 12.3. The quantitative estimate of drug-likeness (QED) is 0.758. The van der Waals surface area contributed by atoms with Crippen LogP contribution in [0.1, 0.15) is 63.6 Å². The monoisotopic (exact) mass is 350 g/mol. The molecule has 0 spiro atoms. The lowest BCUT2D eigenvalue weighted by molar-refractivity contribution is -0.121. The molecule has 1 amide bonds. The molecule has 25 heavy (non-hydrogen) atoms. The Balaban J connectivity index is 1.37. The van der Waals surface area contributed by atoms with E-state index in [1.807, 2.05) is 0 Å². The van der Waals surface area contributed by atoms with Crippen LogP contribution in [-0.4, -0.2) is 39.5 Å². The smallest absolute Gasteiger partial charge is 0.346 e. The fraction of sp³-hybridized carbons (Fsp3) is 0.833. The van der Waals surface area contributed by atoms with Gasteiger partial charge in [-0.3, -0.25) is 9.36 Å². The van der Waals surface area contributed by atoms with Gasteiger partial charge >= 0.3 is 5.69 Å². The van der Waals surface area contributed by atoms with Gasteiger partial charge < -0.3 is 10.1 Å². The number of fused-ring (bicyclic) bond motifs is 1. The third-order valence-corrected chi connectivity index (χ3v) is 5.12. The van der Waals surface area contributed by atoms with E-state index >= 15 is 0 Å². The molecule has 3 rings (SSSR count). The van der Waals surface area contributed by atoms with Crippen molar-refractivity contribution in [1.29, 1.82) is 0 Å². The van der Waals surface area contributed by atoms with Crippen LogP contribution in [0.2, 0.25) is 0 Å². The minimum absolute atomic E-state index is 0.00230. The number of aryl methyl sites for hydroxylation is 1. The standard InChI is InChI=1S/C18H30N4O3/c23-17(19-11-7-13-25-15-8-3-1-4-9-15)14-22-18(24)21-12-6-2-5-10-16(21)20-22/h15H,1-14H2,(H,19,23).